The van der Waals surface area contributed by atoms with E-state index in [1.165, 1.54) is 6.07 Å². The van der Waals surface area contributed by atoms with Crippen LogP contribution in [-0.2, 0) is 0 Å². The van der Waals surface area contributed by atoms with E-state index in [9.17, 15) is 4.79 Å². The first-order valence-electron chi connectivity index (χ1n) is 5.26. The Bertz CT molecular complexity index is 599. The number of ether oxygens (including phenoxy) is 1. The quantitative estimate of drug-likeness (QED) is 0.862. The van der Waals surface area contributed by atoms with Crippen LogP contribution in [0.1, 0.15) is 16.1 Å². The number of aromatic nitrogens is 1. The van der Waals surface area contributed by atoms with Gasteiger partial charge in [-0.2, -0.15) is 0 Å². The van der Waals surface area contributed by atoms with Gasteiger partial charge in [-0.3, -0.25) is 4.79 Å². The van der Waals surface area contributed by atoms with Crippen LogP contribution < -0.4 is 10.5 Å². The number of amides is 1. The molecule has 2 aromatic rings. The zero-order chi connectivity index (χ0) is 13.1. The van der Waals surface area contributed by atoms with Crippen LogP contribution in [-0.4, -0.2) is 10.9 Å². The normalized spacial score (nSPS) is 10.1. The summed E-state index contributed by atoms with van der Waals surface area (Å²) in [6.07, 6.45) is 0. The van der Waals surface area contributed by atoms with Crippen LogP contribution in [0.15, 0.2) is 36.4 Å². The van der Waals surface area contributed by atoms with Crippen LogP contribution in [0.4, 0.5) is 0 Å². The van der Waals surface area contributed by atoms with E-state index in [1.807, 2.05) is 24.3 Å². The number of rotatable bonds is 3. The maximum atomic E-state index is 11.1. The Hall–Kier alpha value is -1.63. The van der Waals surface area contributed by atoms with Crippen molar-refractivity contribution in [2.75, 3.05) is 0 Å². The smallest absolute Gasteiger partial charge is 0.248 e. The van der Waals surface area contributed by atoms with E-state index in [0.717, 1.165) is 3.57 Å². The Labute approximate surface area is 118 Å². The van der Waals surface area contributed by atoms with Crippen LogP contribution in [0, 0.1) is 10.5 Å². The predicted octanol–water partition coefficient (Wildman–Crippen LogP) is 2.89. The van der Waals surface area contributed by atoms with Crippen molar-refractivity contribution < 1.29 is 9.53 Å². The molecule has 1 aromatic heterocycles. The zero-order valence-electron chi connectivity index (χ0n) is 9.68. The molecule has 0 saturated heterocycles. The summed E-state index contributed by atoms with van der Waals surface area (Å²) in [6, 6.07) is 10.7. The highest BCUT2D eigenvalue weighted by atomic mass is 127. The average Bonchev–Trinajstić information content (AvgIpc) is 2.28. The highest BCUT2D eigenvalue weighted by molar-refractivity contribution is 14.1. The topological polar surface area (TPSA) is 65.2 Å². The van der Waals surface area contributed by atoms with Crippen molar-refractivity contribution in [2.45, 2.75) is 6.92 Å². The van der Waals surface area contributed by atoms with Crippen molar-refractivity contribution in [3.05, 3.63) is 51.2 Å². The number of nitrogens with two attached hydrogens (primary N) is 1. The third-order valence-corrected chi connectivity index (χ3v) is 2.90. The van der Waals surface area contributed by atoms with Crippen molar-refractivity contribution in [2.24, 2.45) is 5.73 Å². The molecule has 4 nitrogen and oxygen atoms in total. The molecule has 1 amide bonds. The summed E-state index contributed by atoms with van der Waals surface area (Å²) >= 11 is 2.20. The molecule has 92 valence electrons. The van der Waals surface area contributed by atoms with Gasteiger partial charge in [0.15, 0.2) is 0 Å². The lowest BCUT2D eigenvalue weighted by Crippen LogP contribution is -2.11. The summed E-state index contributed by atoms with van der Waals surface area (Å²) in [4.78, 5) is 15.4. The second kappa shape index (κ2) is 5.34. The minimum Gasteiger partial charge on any atom is -0.439 e. The number of carbonyl (C=O) groups excluding carboxylic acids is 1. The third-order valence-electron chi connectivity index (χ3n) is 2.23. The van der Waals surface area contributed by atoms with E-state index in [0.29, 0.717) is 22.9 Å². The summed E-state index contributed by atoms with van der Waals surface area (Å²) in [5, 5.41) is 0. The fraction of sp³-hybridized carbons (Fsp3) is 0.0769. The Morgan fingerprint density at radius 3 is 2.78 bits per heavy atom. The molecule has 0 spiro atoms. The number of hydrogen-bond acceptors (Lipinski definition) is 3. The number of pyridine rings is 1. The van der Waals surface area contributed by atoms with Crippen LogP contribution >= 0.6 is 22.6 Å². The van der Waals surface area contributed by atoms with Gasteiger partial charge in [0.1, 0.15) is 5.75 Å². The number of carbonyl (C=O) groups is 1. The fourth-order valence-corrected chi connectivity index (χ4v) is 2.00. The molecule has 1 heterocycles. The Morgan fingerprint density at radius 1 is 1.33 bits per heavy atom. The standard InChI is InChI=1S/C13H11IN2O2/c1-8-5-9(13(15)17)6-12(16-8)18-11-4-2-3-10(14)7-11/h2-7H,1H3,(H2,15,17). The fourth-order valence-electron chi connectivity index (χ4n) is 1.48. The monoisotopic (exact) mass is 354 g/mol. The van der Waals surface area contributed by atoms with Gasteiger partial charge in [0.25, 0.3) is 0 Å². The largest absolute Gasteiger partial charge is 0.439 e. The lowest BCUT2D eigenvalue weighted by Gasteiger charge is -2.07. The van der Waals surface area contributed by atoms with Gasteiger partial charge >= 0.3 is 0 Å². The van der Waals surface area contributed by atoms with Gasteiger partial charge in [-0.05, 0) is 53.8 Å². The molecule has 0 radical (unpaired) electrons. The number of halogens is 1. The summed E-state index contributed by atoms with van der Waals surface area (Å²) in [6.45, 7) is 1.79. The molecular weight excluding hydrogens is 343 g/mol. The summed E-state index contributed by atoms with van der Waals surface area (Å²) in [5.41, 5.74) is 6.32. The first-order valence-corrected chi connectivity index (χ1v) is 6.34. The van der Waals surface area contributed by atoms with Gasteiger partial charge in [0.05, 0.1) is 0 Å². The summed E-state index contributed by atoms with van der Waals surface area (Å²) < 4.78 is 6.67. The summed E-state index contributed by atoms with van der Waals surface area (Å²) in [5.74, 6) is 0.550. The molecule has 0 aliphatic heterocycles. The molecular formula is C13H11IN2O2. The molecule has 2 rings (SSSR count). The number of benzene rings is 1. The lowest BCUT2D eigenvalue weighted by molar-refractivity contribution is 0.0999. The molecule has 0 aliphatic carbocycles. The average molecular weight is 354 g/mol. The number of primary amides is 1. The van der Waals surface area contributed by atoms with Crippen molar-refractivity contribution >= 4 is 28.5 Å². The molecule has 1 aromatic carbocycles. The minimum atomic E-state index is -0.493. The van der Waals surface area contributed by atoms with E-state index < -0.39 is 5.91 Å². The Kier molecular flexibility index (Phi) is 3.81. The summed E-state index contributed by atoms with van der Waals surface area (Å²) in [7, 11) is 0. The maximum Gasteiger partial charge on any atom is 0.248 e. The molecule has 0 unspecified atom stereocenters. The van der Waals surface area contributed by atoms with Crippen molar-refractivity contribution in [1.82, 2.24) is 4.98 Å². The van der Waals surface area contributed by atoms with Crippen molar-refractivity contribution in [3.63, 3.8) is 0 Å². The molecule has 0 fully saturated rings. The second-order valence-electron chi connectivity index (χ2n) is 3.76. The van der Waals surface area contributed by atoms with E-state index >= 15 is 0 Å². The van der Waals surface area contributed by atoms with E-state index in [-0.39, 0.29) is 0 Å². The molecule has 5 heteroatoms. The SMILES string of the molecule is Cc1cc(C(N)=O)cc(Oc2cccc(I)c2)n1. The second-order valence-corrected chi connectivity index (χ2v) is 5.00. The van der Waals surface area contributed by atoms with E-state index in [4.69, 9.17) is 10.5 Å². The number of hydrogen-bond donors (Lipinski definition) is 1. The van der Waals surface area contributed by atoms with E-state index in [1.54, 1.807) is 13.0 Å². The van der Waals surface area contributed by atoms with Crippen LogP contribution in [0.2, 0.25) is 0 Å². The first-order chi connectivity index (χ1) is 8.54. The predicted molar refractivity (Wildman–Crippen MR) is 76.7 cm³/mol. The van der Waals surface area contributed by atoms with Crippen LogP contribution in [0.25, 0.3) is 0 Å². The highest BCUT2D eigenvalue weighted by Crippen LogP contribution is 2.22. The minimum absolute atomic E-state index is 0.366. The van der Waals surface area contributed by atoms with Gasteiger partial charge in [-0.25, -0.2) is 4.98 Å². The van der Waals surface area contributed by atoms with Gasteiger partial charge < -0.3 is 10.5 Å². The van der Waals surface area contributed by atoms with Crippen LogP contribution in [0.5, 0.6) is 11.6 Å². The number of nitrogens with zero attached hydrogens (tertiary/aromatic N) is 1. The molecule has 0 aliphatic rings. The van der Waals surface area contributed by atoms with E-state index in [2.05, 4.69) is 27.6 Å². The Balaban J connectivity index is 2.31. The molecule has 2 N–H and O–H groups in total. The van der Waals surface area contributed by atoms with Gasteiger partial charge in [-0.1, -0.05) is 6.07 Å². The first kappa shape index (κ1) is 12.8. The van der Waals surface area contributed by atoms with Gasteiger partial charge in [0.2, 0.25) is 11.8 Å². The lowest BCUT2D eigenvalue weighted by atomic mass is 10.2. The Morgan fingerprint density at radius 2 is 2.11 bits per heavy atom. The molecule has 0 bridgehead atoms. The van der Waals surface area contributed by atoms with Crippen molar-refractivity contribution in [3.8, 4) is 11.6 Å². The van der Waals surface area contributed by atoms with Gasteiger partial charge in [0, 0.05) is 20.9 Å². The van der Waals surface area contributed by atoms with Gasteiger partial charge in [-0.15, -0.1) is 0 Å². The maximum absolute atomic E-state index is 11.1. The number of aryl methyl sites for hydroxylation is 1. The zero-order valence-corrected chi connectivity index (χ0v) is 11.8. The van der Waals surface area contributed by atoms with Crippen LogP contribution in [0.3, 0.4) is 0 Å². The third kappa shape index (κ3) is 3.19. The van der Waals surface area contributed by atoms with Crippen molar-refractivity contribution in [1.29, 1.82) is 0 Å². The molecule has 18 heavy (non-hydrogen) atoms. The molecule has 0 saturated carbocycles. The molecule has 0 atom stereocenters. The highest BCUT2D eigenvalue weighted by Gasteiger charge is 2.06.